The van der Waals surface area contributed by atoms with E-state index in [1.807, 2.05) is 6.07 Å². The molecule has 0 spiro atoms. The van der Waals surface area contributed by atoms with E-state index in [-0.39, 0.29) is 0 Å². The number of para-hydroxylation sites is 2. The lowest BCUT2D eigenvalue weighted by Gasteiger charge is -2.17. The summed E-state index contributed by atoms with van der Waals surface area (Å²) in [7, 11) is 0. The lowest BCUT2D eigenvalue weighted by molar-refractivity contribution is 0.482. The van der Waals surface area contributed by atoms with Crippen LogP contribution < -0.4 is 0 Å². The van der Waals surface area contributed by atoms with Crippen LogP contribution >= 0.6 is 0 Å². The van der Waals surface area contributed by atoms with Gasteiger partial charge in [0.1, 0.15) is 5.75 Å². The molecule has 0 saturated heterocycles. The number of fused-ring (bicyclic) bond motifs is 5. The van der Waals surface area contributed by atoms with Crippen LogP contribution in [0, 0.1) is 0 Å². The van der Waals surface area contributed by atoms with Gasteiger partial charge < -0.3 is 9.67 Å². The monoisotopic (exact) mass is 615 g/mol. The van der Waals surface area contributed by atoms with Crippen molar-refractivity contribution in [3.8, 4) is 44.8 Å². The highest BCUT2D eigenvalue weighted by Crippen LogP contribution is 2.44. The Balaban J connectivity index is 1.23. The number of nitrogens with zero attached hydrogens (tertiary/aromatic N) is 1. The van der Waals surface area contributed by atoms with Crippen molar-refractivity contribution in [3.05, 3.63) is 169 Å². The third-order valence-electron chi connectivity index (χ3n) is 9.88. The molecule has 8 aromatic carbocycles. The molecule has 228 valence electrons. The van der Waals surface area contributed by atoms with Crippen molar-refractivity contribution in [1.29, 1.82) is 0 Å². The molecule has 9 rings (SSSR count). The normalized spacial score (nSPS) is 11.6. The second kappa shape index (κ2) is 11.3. The molecule has 0 amide bonds. The molecule has 0 aliphatic heterocycles. The van der Waals surface area contributed by atoms with E-state index in [1.54, 1.807) is 0 Å². The van der Waals surface area contributed by atoms with Crippen molar-refractivity contribution in [1.82, 2.24) is 4.57 Å². The fraction of sp³-hybridized carbons (Fsp3) is 0.0435. The average molecular weight is 616 g/mol. The number of aryl methyl sites for hydroxylation is 1. The van der Waals surface area contributed by atoms with Crippen LogP contribution in [0.2, 0.25) is 0 Å². The first-order valence-electron chi connectivity index (χ1n) is 16.6. The number of rotatable bonds is 5. The number of phenolic OH excluding ortho intramolecular Hbond substituents is 1. The number of aromatic hydroxyl groups is 1. The Morgan fingerprint density at radius 2 is 1.17 bits per heavy atom. The predicted molar refractivity (Wildman–Crippen MR) is 203 cm³/mol. The number of hydrogen-bond donors (Lipinski definition) is 1. The van der Waals surface area contributed by atoms with Crippen molar-refractivity contribution < 1.29 is 5.11 Å². The van der Waals surface area contributed by atoms with Gasteiger partial charge in [-0.3, -0.25) is 0 Å². The van der Waals surface area contributed by atoms with Gasteiger partial charge in [-0.15, -0.1) is 0 Å². The topological polar surface area (TPSA) is 25.2 Å². The van der Waals surface area contributed by atoms with Gasteiger partial charge in [0.25, 0.3) is 0 Å². The largest absolute Gasteiger partial charge is 0.507 e. The quantitative estimate of drug-likeness (QED) is 0.205. The highest BCUT2D eigenvalue weighted by atomic mass is 16.3. The molecule has 48 heavy (non-hydrogen) atoms. The maximum absolute atomic E-state index is 11.3. The number of aromatic nitrogens is 1. The molecule has 1 heterocycles. The van der Waals surface area contributed by atoms with Crippen LogP contribution in [0.1, 0.15) is 12.5 Å². The van der Waals surface area contributed by atoms with Crippen LogP contribution in [-0.2, 0) is 6.42 Å². The first-order valence-corrected chi connectivity index (χ1v) is 16.6. The number of phenols is 1. The summed E-state index contributed by atoms with van der Waals surface area (Å²) in [6.07, 6.45) is 0.927. The van der Waals surface area contributed by atoms with Crippen molar-refractivity contribution in [2.45, 2.75) is 13.3 Å². The molecule has 0 aliphatic carbocycles. The minimum absolute atomic E-state index is 0.303. The fourth-order valence-electron chi connectivity index (χ4n) is 7.64. The second-order valence-corrected chi connectivity index (χ2v) is 12.5. The summed E-state index contributed by atoms with van der Waals surface area (Å²) in [4.78, 5) is 0. The Morgan fingerprint density at radius 1 is 0.458 bits per heavy atom. The van der Waals surface area contributed by atoms with Crippen LogP contribution in [0.4, 0.5) is 0 Å². The maximum Gasteiger partial charge on any atom is 0.124 e. The van der Waals surface area contributed by atoms with Crippen LogP contribution in [0.15, 0.2) is 164 Å². The minimum Gasteiger partial charge on any atom is -0.507 e. The predicted octanol–water partition coefficient (Wildman–Crippen LogP) is 12.4. The van der Waals surface area contributed by atoms with Gasteiger partial charge in [0, 0.05) is 21.8 Å². The molecule has 1 N–H and O–H groups in total. The lowest BCUT2D eigenvalue weighted by Crippen LogP contribution is -1.93. The molecule has 0 saturated carbocycles. The first kappa shape index (κ1) is 28.1. The highest BCUT2D eigenvalue weighted by Gasteiger charge is 2.18. The van der Waals surface area contributed by atoms with Crippen LogP contribution in [0.25, 0.3) is 82.4 Å². The number of hydrogen-bond acceptors (Lipinski definition) is 1. The third-order valence-corrected chi connectivity index (χ3v) is 9.88. The van der Waals surface area contributed by atoms with Crippen LogP contribution in [0.5, 0.6) is 5.75 Å². The molecule has 0 atom stereocenters. The standard InChI is InChI=1S/C46H33NO/c1-2-30-13-6-7-16-35(30)40-20-12-21-41-38(25-26-45(48)46(40)41)37-18-9-8-17-36(37)32-24-23-31-29-44-42(28-33(31)27-32)39-19-10-11-22-43(39)47(44)34-14-4-3-5-15-34/h3-29,48H,2H2,1H3. The summed E-state index contributed by atoms with van der Waals surface area (Å²) >= 11 is 0. The van der Waals surface area contributed by atoms with E-state index in [0.717, 1.165) is 50.7 Å². The van der Waals surface area contributed by atoms with Gasteiger partial charge in [-0.05, 0) is 104 Å². The zero-order chi connectivity index (χ0) is 32.2. The van der Waals surface area contributed by atoms with Crippen molar-refractivity contribution in [3.63, 3.8) is 0 Å². The van der Waals surface area contributed by atoms with E-state index in [2.05, 4.69) is 169 Å². The summed E-state index contributed by atoms with van der Waals surface area (Å²) < 4.78 is 2.37. The van der Waals surface area contributed by atoms with Gasteiger partial charge in [0.15, 0.2) is 0 Å². The molecule has 0 unspecified atom stereocenters. The average Bonchev–Trinajstić information content (AvgIpc) is 3.47. The molecular weight excluding hydrogens is 583 g/mol. The van der Waals surface area contributed by atoms with Crippen LogP contribution in [0.3, 0.4) is 0 Å². The van der Waals surface area contributed by atoms with Crippen molar-refractivity contribution >= 4 is 43.4 Å². The van der Waals surface area contributed by atoms with E-state index >= 15 is 0 Å². The molecule has 0 radical (unpaired) electrons. The Morgan fingerprint density at radius 3 is 2.02 bits per heavy atom. The lowest BCUT2D eigenvalue weighted by atomic mass is 9.87. The summed E-state index contributed by atoms with van der Waals surface area (Å²) in [5.41, 5.74) is 11.7. The van der Waals surface area contributed by atoms with Gasteiger partial charge in [-0.2, -0.15) is 0 Å². The molecular formula is C46H33NO. The van der Waals surface area contributed by atoms with Gasteiger partial charge in [0.2, 0.25) is 0 Å². The smallest absolute Gasteiger partial charge is 0.124 e. The Hall–Kier alpha value is -6.12. The van der Waals surface area contributed by atoms with Gasteiger partial charge in [-0.1, -0.05) is 128 Å². The molecule has 1 aromatic heterocycles. The molecule has 2 heteroatoms. The fourth-order valence-corrected chi connectivity index (χ4v) is 7.64. The Labute approximate surface area is 279 Å². The molecule has 0 aliphatic rings. The zero-order valence-electron chi connectivity index (χ0n) is 26.7. The third kappa shape index (κ3) is 4.41. The van der Waals surface area contributed by atoms with E-state index in [4.69, 9.17) is 0 Å². The minimum atomic E-state index is 0.303. The highest BCUT2D eigenvalue weighted by molar-refractivity contribution is 6.14. The molecule has 0 bridgehead atoms. The maximum atomic E-state index is 11.3. The summed E-state index contributed by atoms with van der Waals surface area (Å²) in [6, 6.07) is 58.3. The van der Waals surface area contributed by atoms with Gasteiger partial charge in [-0.25, -0.2) is 0 Å². The van der Waals surface area contributed by atoms with Crippen molar-refractivity contribution in [2.75, 3.05) is 0 Å². The summed E-state index contributed by atoms with van der Waals surface area (Å²) in [5.74, 6) is 0.303. The summed E-state index contributed by atoms with van der Waals surface area (Å²) in [6.45, 7) is 2.18. The zero-order valence-corrected chi connectivity index (χ0v) is 26.7. The van der Waals surface area contributed by atoms with E-state index in [9.17, 15) is 5.11 Å². The van der Waals surface area contributed by atoms with Crippen molar-refractivity contribution in [2.24, 2.45) is 0 Å². The van der Waals surface area contributed by atoms with Gasteiger partial charge >= 0.3 is 0 Å². The Kier molecular flexibility index (Phi) is 6.62. The first-order chi connectivity index (χ1) is 23.7. The van der Waals surface area contributed by atoms with Gasteiger partial charge in [0.05, 0.1) is 11.0 Å². The van der Waals surface area contributed by atoms with E-state index in [1.165, 1.54) is 43.7 Å². The van der Waals surface area contributed by atoms with E-state index in [0.29, 0.717) is 5.75 Å². The molecule has 0 fully saturated rings. The second-order valence-electron chi connectivity index (χ2n) is 12.5. The molecule has 2 nitrogen and oxygen atoms in total. The molecule has 9 aromatic rings. The van der Waals surface area contributed by atoms with Crippen LogP contribution in [-0.4, -0.2) is 9.67 Å². The summed E-state index contributed by atoms with van der Waals surface area (Å²) in [5, 5.41) is 18.1. The SMILES string of the molecule is CCc1ccccc1-c1cccc2c(-c3ccccc3-c3ccc4cc5c(cc4c3)c3ccccc3n5-c3ccccc3)ccc(O)c12. The Bertz CT molecular complexity index is 2660. The number of benzene rings is 8. The van der Waals surface area contributed by atoms with E-state index < -0.39 is 0 Å².